The zero-order valence-corrected chi connectivity index (χ0v) is 10.8. The van der Waals surface area contributed by atoms with E-state index in [0.717, 1.165) is 18.4 Å². The number of benzene rings is 1. The van der Waals surface area contributed by atoms with Crippen LogP contribution in [-0.4, -0.2) is 18.0 Å². The summed E-state index contributed by atoms with van der Waals surface area (Å²) in [7, 11) is 0. The molecule has 0 spiro atoms. The highest BCUT2D eigenvalue weighted by molar-refractivity contribution is 5.16. The van der Waals surface area contributed by atoms with Crippen LogP contribution in [0.25, 0.3) is 0 Å². The number of hydrogen-bond acceptors (Lipinski definition) is 1. The molecule has 0 radical (unpaired) electrons. The molecule has 0 aliphatic carbocycles. The Balaban J connectivity index is 1.83. The van der Waals surface area contributed by atoms with Crippen molar-refractivity contribution in [3.05, 3.63) is 35.6 Å². The first-order chi connectivity index (χ1) is 8.13. The van der Waals surface area contributed by atoms with E-state index in [1.54, 1.807) is 12.1 Å². The van der Waals surface area contributed by atoms with Crippen LogP contribution in [0.3, 0.4) is 0 Å². The SMILES string of the molecule is CC(C)CC1CCN(Cc2ccc(F)cc2)C1. The summed E-state index contributed by atoms with van der Waals surface area (Å²) < 4.78 is 12.8. The molecular weight excluding hydrogens is 213 g/mol. The van der Waals surface area contributed by atoms with Gasteiger partial charge in [-0.3, -0.25) is 4.90 Å². The van der Waals surface area contributed by atoms with Gasteiger partial charge in [-0.25, -0.2) is 4.39 Å². The largest absolute Gasteiger partial charge is 0.299 e. The van der Waals surface area contributed by atoms with Crippen molar-refractivity contribution in [3.8, 4) is 0 Å². The van der Waals surface area contributed by atoms with Gasteiger partial charge >= 0.3 is 0 Å². The van der Waals surface area contributed by atoms with Crippen molar-refractivity contribution in [2.45, 2.75) is 33.2 Å². The van der Waals surface area contributed by atoms with E-state index in [1.807, 2.05) is 12.1 Å². The van der Waals surface area contributed by atoms with E-state index in [2.05, 4.69) is 18.7 Å². The topological polar surface area (TPSA) is 3.24 Å². The Labute approximate surface area is 104 Å². The molecule has 0 amide bonds. The molecule has 0 N–H and O–H groups in total. The minimum absolute atomic E-state index is 0.146. The second-order valence-corrected chi connectivity index (χ2v) is 5.65. The molecule has 2 rings (SSSR count). The lowest BCUT2D eigenvalue weighted by Crippen LogP contribution is -2.20. The van der Waals surface area contributed by atoms with Crippen LogP contribution in [0.1, 0.15) is 32.3 Å². The first-order valence-corrected chi connectivity index (χ1v) is 6.60. The van der Waals surface area contributed by atoms with E-state index in [1.165, 1.54) is 31.5 Å². The van der Waals surface area contributed by atoms with Gasteiger partial charge in [-0.05, 0) is 48.9 Å². The fourth-order valence-corrected chi connectivity index (χ4v) is 2.76. The van der Waals surface area contributed by atoms with E-state index in [9.17, 15) is 4.39 Å². The van der Waals surface area contributed by atoms with E-state index >= 15 is 0 Å². The summed E-state index contributed by atoms with van der Waals surface area (Å²) in [4.78, 5) is 2.49. The predicted molar refractivity (Wildman–Crippen MR) is 69.2 cm³/mol. The smallest absolute Gasteiger partial charge is 0.123 e. The number of rotatable bonds is 4. The molecule has 0 aromatic heterocycles. The summed E-state index contributed by atoms with van der Waals surface area (Å²) in [6.45, 7) is 7.95. The van der Waals surface area contributed by atoms with Crippen LogP contribution in [0.15, 0.2) is 24.3 Å². The zero-order chi connectivity index (χ0) is 12.3. The predicted octanol–water partition coefficient (Wildman–Crippen LogP) is 3.69. The molecule has 1 aromatic rings. The number of likely N-dealkylation sites (tertiary alicyclic amines) is 1. The van der Waals surface area contributed by atoms with E-state index < -0.39 is 0 Å². The molecule has 1 atom stereocenters. The van der Waals surface area contributed by atoms with E-state index in [0.29, 0.717) is 0 Å². The molecular formula is C15H22FN. The van der Waals surface area contributed by atoms with Gasteiger partial charge in [0.2, 0.25) is 0 Å². The van der Waals surface area contributed by atoms with Gasteiger partial charge in [0.15, 0.2) is 0 Å². The van der Waals surface area contributed by atoms with Gasteiger partial charge in [0, 0.05) is 13.1 Å². The van der Waals surface area contributed by atoms with Crippen molar-refractivity contribution < 1.29 is 4.39 Å². The lowest BCUT2D eigenvalue weighted by molar-refractivity contribution is 0.305. The number of halogens is 1. The summed E-state index contributed by atoms with van der Waals surface area (Å²) in [6, 6.07) is 6.89. The Morgan fingerprint density at radius 3 is 2.65 bits per heavy atom. The third kappa shape index (κ3) is 3.81. The average Bonchev–Trinajstić information content (AvgIpc) is 2.68. The summed E-state index contributed by atoms with van der Waals surface area (Å²) >= 11 is 0. The molecule has 0 bridgehead atoms. The quantitative estimate of drug-likeness (QED) is 0.769. The Hall–Kier alpha value is -0.890. The van der Waals surface area contributed by atoms with Gasteiger partial charge < -0.3 is 0 Å². The minimum Gasteiger partial charge on any atom is -0.299 e. The van der Waals surface area contributed by atoms with Gasteiger partial charge in [0.25, 0.3) is 0 Å². The van der Waals surface area contributed by atoms with E-state index in [4.69, 9.17) is 0 Å². The summed E-state index contributed by atoms with van der Waals surface area (Å²) in [5, 5.41) is 0. The number of nitrogens with zero attached hydrogens (tertiary/aromatic N) is 1. The average molecular weight is 235 g/mol. The first kappa shape index (κ1) is 12.6. The monoisotopic (exact) mass is 235 g/mol. The maximum absolute atomic E-state index is 12.8. The van der Waals surface area contributed by atoms with Crippen molar-refractivity contribution in [2.75, 3.05) is 13.1 Å². The lowest BCUT2D eigenvalue weighted by atomic mass is 9.97. The van der Waals surface area contributed by atoms with Crippen LogP contribution >= 0.6 is 0 Å². The third-order valence-corrected chi connectivity index (χ3v) is 3.49. The van der Waals surface area contributed by atoms with Gasteiger partial charge in [-0.1, -0.05) is 26.0 Å². The molecule has 1 saturated heterocycles. The molecule has 17 heavy (non-hydrogen) atoms. The highest BCUT2D eigenvalue weighted by Crippen LogP contribution is 2.24. The molecule has 1 fully saturated rings. The highest BCUT2D eigenvalue weighted by Gasteiger charge is 2.22. The van der Waals surface area contributed by atoms with E-state index in [-0.39, 0.29) is 5.82 Å². The van der Waals surface area contributed by atoms with Gasteiger partial charge in [0.1, 0.15) is 5.82 Å². The van der Waals surface area contributed by atoms with Crippen molar-refractivity contribution >= 4 is 0 Å². The lowest BCUT2D eigenvalue weighted by Gasteiger charge is -2.17. The minimum atomic E-state index is -0.146. The van der Waals surface area contributed by atoms with Crippen LogP contribution < -0.4 is 0 Å². The fourth-order valence-electron chi connectivity index (χ4n) is 2.76. The Morgan fingerprint density at radius 2 is 2.00 bits per heavy atom. The molecule has 94 valence electrons. The summed E-state index contributed by atoms with van der Waals surface area (Å²) in [5.41, 5.74) is 1.22. The molecule has 1 aliphatic rings. The zero-order valence-electron chi connectivity index (χ0n) is 10.8. The fraction of sp³-hybridized carbons (Fsp3) is 0.600. The molecule has 0 saturated carbocycles. The van der Waals surface area contributed by atoms with Gasteiger partial charge in [-0.2, -0.15) is 0 Å². The Kier molecular flexibility index (Phi) is 4.16. The van der Waals surface area contributed by atoms with Crippen molar-refractivity contribution in [1.29, 1.82) is 0 Å². The van der Waals surface area contributed by atoms with Gasteiger partial charge in [0.05, 0.1) is 0 Å². The molecule has 1 aromatic carbocycles. The van der Waals surface area contributed by atoms with Gasteiger partial charge in [-0.15, -0.1) is 0 Å². The first-order valence-electron chi connectivity index (χ1n) is 6.60. The van der Waals surface area contributed by atoms with Crippen molar-refractivity contribution in [3.63, 3.8) is 0 Å². The maximum Gasteiger partial charge on any atom is 0.123 e. The third-order valence-electron chi connectivity index (χ3n) is 3.49. The van der Waals surface area contributed by atoms with Crippen LogP contribution in [-0.2, 0) is 6.54 Å². The Bertz CT molecular complexity index is 344. The molecule has 1 nitrogen and oxygen atoms in total. The molecule has 1 unspecified atom stereocenters. The molecule has 1 aliphatic heterocycles. The second-order valence-electron chi connectivity index (χ2n) is 5.65. The van der Waals surface area contributed by atoms with Crippen LogP contribution in [0.2, 0.25) is 0 Å². The summed E-state index contributed by atoms with van der Waals surface area (Å²) in [6.07, 6.45) is 2.65. The van der Waals surface area contributed by atoms with Crippen molar-refractivity contribution in [2.24, 2.45) is 11.8 Å². The standard InChI is InChI=1S/C15H22FN/c1-12(2)9-14-7-8-17(11-14)10-13-3-5-15(16)6-4-13/h3-6,12,14H,7-11H2,1-2H3. The second kappa shape index (κ2) is 5.63. The van der Waals surface area contributed by atoms with Crippen LogP contribution in [0, 0.1) is 17.7 Å². The van der Waals surface area contributed by atoms with Crippen LogP contribution in [0.4, 0.5) is 4.39 Å². The Morgan fingerprint density at radius 1 is 1.29 bits per heavy atom. The highest BCUT2D eigenvalue weighted by atomic mass is 19.1. The number of hydrogen-bond donors (Lipinski definition) is 0. The van der Waals surface area contributed by atoms with Crippen molar-refractivity contribution in [1.82, 2.24) is 4.90 Å². The maximum atomic E-state index is 12.8. The van der Waals surface area contributed by atoms with Crippen LogP contribution in [0.5, 0.6) is 0 Å². The molecule has 2 heteroatoms. The normalized spacial score (nSPS) is 21.3. The molecule has 1 heterocycles. The summed E-state index contributed by atoms with van der Waals surface area (Å²) in [5.74, 6) is 1.51.